The molecule has 0 aromatic carbocycles. The van der Waals surface area contributed by atoms with Crippen molar-refractivity contribution in [2.24, 2.45) is 11.8 Å². The van der Waals surface area contributed by atoms with Gasteiger partial charge in [0.05, 0.1) is 0 Å². The van der Waals surface area contributed by atoms with E-state index in [0.717, 1.165) is 18.3 Å². The van der Waals surface area contributed by atoms with E-state index in [2.05, 4.69) is 26.7 Å². The molecule has 0 aliphatic carbocycles. The first-order valence-corrected chi connectivity index (χ1v) is 4.15. The van der Waals surface area contributed by atoms with E-state index < -0.39 is 0 Å². The van der Waals surface area contributed by atoms with E-state index in [4.69, 9.17) is 6.42 Å². The van der Waals surface area contributed by atoms with Crippen LogP contribution in [0.1, 0.15) is 40.0 Å². The molecule has 0 aromatic heterocycles. The fourth-order valence-corrected chi connectivity index (χ4v) is 0.998. The molecule has 0 aliphatic rings. The Morgan fingerprint density at radius 3 is 2.30 bits per heavy atom. The number of rotatable bonds is 4. The van der Waals surface area contributed by atoms with Crippen molar-refractivity contribution in [1.82, 2.24) is 0 Å². The summed E-state index contributed by atoms with van der Waals surface area (Å²) < 4.78 is 0. The fourth-order valence-electron chi connectivity index (χ4n) is 0.998. The standard InChI is InChI=1S/C10H18/c1-5-7-8-10(4)9(3)6-2/h1,9-10H,6-8H2,2-4H3. The third kappa shape index (κ3) is 3.56. The van der Waals surface area contributed by atoms with Crippen molar-refractivity contribution in [2.75, 3.05) is 0 Å². The van der Waals surface area contributed by atoms with Crippen molar-refractivity contribution >= 4 is 0 Å². The van der Waals surface area contributed by atoms with Crippen LogP contribution in [0.5, 0.6) is 0 Å². The molecule has 0 N–H and O–H groups in total. The van der Waals surface area contributed by atoms with Crippen molar-refractivity contribution in [3.05, 3.63) is 0 Å². The van der Waals surface area contributed by atoms with Gasteiger partial charge in [0, 0.05) is 6.42 Å². The lowest BCUT2D eigenvalue weighted by Gasteiger charge is -2.16. The maximum Gasteiger partial charge on any atom is 0.00886 e. The van der Waals surface area contributed by atoms with Gasteiger partial charge in [0.25, 0.3) is 0 Å². The predicted octanol–water partition coefficient (Wildman–Crippen LogP) is 3.08. The Labute approximate surface area is 65.0 Å². The molecule has 2 unspecified atom stereocenters. The summed E-state index contributed by atoms with van der Waals surface area (Å²) in [6, 6.07) is 0. The molecule has 58 valence electrons. The molecule has 0 fully saturated rings. The van der Waals surface area contributed by atoms with Crippen LogP contribution in [-0.4, -0.2) is 0 Å². The molecule has 2 atom stereocenters. The quantitative estimate of drug-likeness (QED) is 0.524. The summed E-state index contributed by atoms with van der Waals surface area (Å²) in [5.41, 5.74) is 0. The van der Waals surface area contributed by atoms with Gasteiger partial charge in [-0.3, -0.25) is 0 Å². The molecule has 0 heteroatoms. The van der Waals surface area contributed by atoms with Gasteiger partial charge < -0.3 is 0 Å². The normalized spacial score (nSPS) is 15.8. The Morgan fingerprint density at radius 1 is 1.30 bits per heavy atom. The van der Waals surface area contributed by atoms with Crippen LogP contribution in [0, 0.1) is 24.2 Å². The average molecular weight is 138 g/mol. The predicted molar refractivity (Wildman–Crippen MR) is 46.7 cm³/mol. The second-order valence-electron chi connectivity index (χ2n) is 3.11. The van der Waals surface area contributed by atoms with Crippen molar-refractivity contribution in [1.29, 1.82) is 0 Å². The summed E-state index contributed by atoms with van der Waals surface area (Å²) >= 11 is 0. The van der Waals surface area contributed by atoms with E-state index in [1.807, 2.05) is 0 Å². The SMILES string of the molecule is C#CCCC(C)C(C)CC. The van der Waals surface area contributed by atoms with Gasteiger partial charge in [0.1, 0.15) is 0 Å². The van der Waals surface area contributed by atoms with Gasteiger partial charge in [0.2, 0.25) is 0 Å². The summed E-state index contributed by atoms with van der Waals surface area (Å²) in [7, 11) is 0. The van der Waals surface area contributed by atoms with Crippen LogP contribution in [0.4, 0.5) is 0 Å². The summed E-state index contributed by atoms with van der Waals surface area (Å²) in [4.78, 5) is 0. The van der Waals surface area contributed by atoms with Crippen LogP contribution in [0.15, 0.2) is 0 Å². The molecule has 0 rings (SSSR count). The van der Waals surface area contributed by atoms with Crippen LogP contribution in [-0.2, 0) is 0 Å². The third-order valence-electron chi connectivity index (χ3n) is 2.36. The molecule has 0 saturated carbocycles. The van der Waals surface area contributed by atoms with Crippen LogP contribution >= 0.6 is 0 Å². The zero-order valence-electron chi connectivity index (χ0n) is 7.35. The Kier molecular flexibility index (Phi) is 5.12. The molecule has 0 aliphatic heterocycles. The van der Waals surface area contributed by atoms with Gasteiger partial charge in [-0.25, -0.2) is 0 Å². The number of terminal acetylenes is 1. The van der Waals surface area contributed by atoms with Crippen molar-refractivity contribution in [3.8, 4) is 12.3 Å². The van der Waals surface area contributed by atoms with Crippen LogP contribution in [0.25, 0.3) is 0 Å². The second-order valence-corrected chi connectivity index (χ2v) is 3.11. The molecule has 0 nitrogen and oxygen atoms in total. The lowest BCUT2D eigenvalue weighted by Crippen LogP contribution is -2.05. The van der Waals surface area contributed by atoms with Gasteiger partial charge in [-0.2, -0.15) is 0 Å². The van der Waals surface area contributed by atoms with Gasteiger partial charge in [-0.05, 0) is 18.3 Å². The van der Waals surface area contributed by atoms with Gasteiger partial charge in [-0.15, -0.1) is 12.3 Å². The summed E-state index contributed by atoms with van der Waals surface area (Å²) in [5, 5.41) is 0. The lowest BCUT2D eigenvalue weighted by molar-refractivity contribution is 0.359. The van der Waals surface area contributed by atoms with Crippen LogP contribution < -0.4 is 0 Å². The third-order valence-corrected chi connectivity index (χ3v) is 2.36. The maximum absolute atomic E-state index is 5.17. The van der Waals surface area contributed by atoms with Crippen molar-refractivity contribution < 1.29 is 0 Å². The minimum absolute atomic E-state index is 0.793. The van der Waals surface area contributed by atoms with E-state index in [1.165, 1.54) is 12.8 Å². The smallest absolute Gasteiger partial charge is 0.00886 e. The minimum atomic E-state index is 0.793. The average Bonchev–Trinajstić information content (AvgIpc) is 1.98. The van der Waals surface area contributed by atoms with E-state index in [1.54, 1.807) is 0 Å². The largest absolute Gasteiger partial charge is 0.120 e. The second kappa shape index (κ2) is 5.35. The number of hydrogen-bond acceptors (Lipinski definition) is 0. The monoisotopic (exact) mass is 138 g/mol. The fraction of sp³-hybridized carbons (Fsp3) is 0.800. The molecule has 10 heavy (non-hydrogen) atoms. The lowest BCUT2D eigenvalue weighted by atomic mass is 9.90. The molecule has 0 saturated heterocycles. The molecule has 0 aromatic rings. The Balaban J connectivity index is 3.43. The Bertz CT molecular complexity index is 108. The minimum Gasteiger partial charge on any atom is -0.120 e. The molecule has 0 amide bonds. The van der Waals surface area contributed by atoms with E-state index in [-0.39, 0.29) is 0 Å². The van der Waals surface area contributed by atoms with Crippen LogP contribution in [0.2, 0.25) is 0 Å². The molecular formula is C10H18. The molecule has 0 radical (unpaired) electrons. The van der Waals surface area contributed by atoms with Gasteiger partial charge in [0.15, 0.2) is 0 Å². The molecule has 0 heterocycles. The highest BCUT2D eigenvalue weighted by Gasteiger charge is 2.07. The first-order valence-electron chi connectivity index (χ1n) is 4.15. The zero-order chi connectivity index (χ0) is 7.98. The van der Waals surface area contributed by atoms with Crippen LogP contribution in [0.3, 0.4) is 0 Å². The van der Waals surface area contributed by atoms with Crippen molar-refractivity contribution in [3.63, 3.8) is 0 Å². The first-order chi connectivity index (χ1) is 4.72. The topological polar surface area (TPSA) is 0 Å². The highest BCUT2D eigenvalue weighted by atomic mass is 14.1. The summed E-state index contributed by atoms with van der Waals surface area (Å²) in [5.74, 6) is 4.30. The van der Waals surface area contributed by atoms with Gasteiger partial charge in [-0.1, -0.05) is 27.2 Å². The Hall–Kier alpha value is -0.440. The molecular weight excluding hydrogens is 120 g/mol. The van der Waals surface area contributed by atoms with Crippen molar-refractivity contribution in [2.45, 2.75) is 40.0 Å². The molecule has 0 spiro atoms. The maximum atomic E-state index is 5.17. The highest BCUT2D eigenvalue weighted by molar-refractivity contribution is 4.84. The summed E-state index contributed by atoms with van der Waals surface area (Å²) in [6.07, 6.45) is 8.56. The van der Waals surface area contributed by atoms with E-state index in [0.29, 0.717) is 0 Å². The molecule has 0 bridgehead atoms. The summed E-state index contributed by atoms with van der Waals surface area (Å²) in [6.45, 7) is 6.81. The van der Waals surface area contributed by atoms with E-state index >= 15 is 0 Å². The zero-order valence-corrected chi connectivity index (χ0v) is 7.35. The Morgan fingerprint density at radius 2 is 1.90 bits per heavy atom. The van der Waals surface area contributed by atoms with E-state index in [9.17, 15) is 0 Å². The highest BCUT2D eigenvalue weighted by Crippen LogP contribution is 2.18. The first kappa shape index (κ1) is 9.56. The number of hydrogen-bond donors (Lipinski definition) is 0. The van der Waals surface area contributed by atoms with Gasteiger partial charge >= 0.3 is 0 Å².